The molecule has 0 amide bonds. The van der Waals surface area contributed by atoms with Gasteiger partial charge in [0.2, 0.25) is 0 Å². The average Bonchev–Trinajstić information content (AvgIpc) is 2.26. The molecule has 0 aromatic heterocycles. The van der Waals surface area contributed by atoms with Crippen molar-refractivity contribution < 1.29 is 0 Å². The van der Waals surface area contributed by atoms with Gasteiger partial charge in [0, 0.05) is 22.7 Å². The average molecular weight is 282 g/mol. The molecular formula is C14H22N2S2. The molecule has 0 unspecified atom stereocenters. The Balaban J connectivity index is 2.85. The Kier molecular flexibility index (Phi) is 5.47. The van der Waals surface area contributed by atoms with Crippen LogP contribution in [0.3, 0.4) is 0 Å². The van der Waals surface area contributed by atoms with Gasteiger partial charge in [-0.2, -0.15) is 0 Å². The van der Waals surface area contributed by atoms with Crippen LogP contribution in [0.5, 0.6) is 0 Å². The van der Waals surface area contributed by atoms with Gasteiger partial charge in [0.05, 0.1) is 0 Å². The summed E-state index contributed by atoms with van der Waals surface area (Å²) in [4.78, 5) is 1.58. The number of nitrogens with one attached hydrogen (secondary N) is 1. The van der Waals surface area contributed by atoms with Crippen LogP contribution in [0.4, 0.5) is 5.69 Å². The highest BCUT2D eigenvalue weighted by atomic mass is 32.2. The molecule has 0 aliphatic rings. The maximum atomic E-state index is 5.83. The predicted octanol–water partition coefficient (Wildman–Crippen LogP) is 3.89. The number of hydrogen-bond acceptors (Lipinski definition) is 3. The highest BCUT2D eigenvalue weighted by Crippen LogP contribution is 2.27. The summed E-state index contributed by atoms with van der Waals surface area (Å²) in [6.07, 6.45) is 3.14. The van der Waals surface area contributed by atoms with Gasteiger partial charge in [0.25, 0.3) is 0 Å². The zero-order chi connectivity index (χ0) is 13.8. The number of benzene rings is 1. The van der Waals surface area contributed by atoms with Crippen LogP contribution in [0.1, 0.15) is 32.8 Å². The second kappa shape index (κ2) is 6.43. The topological polar surface area (TPSA) is 38.0 Å². The zero-order valence-electron chi connectivity index (χ0n) is 11.5. The summed E-state index contributed by atoms with van der Waals surface area (Å²) < 4.78 is 0. The van der Waals surface area contributed by atoms with Gasteiger partial charge in [-0.25, -0.2) is 0 Å². The quantitative estimate of drug-likeness (QED) is 0.635. The highest BCUT2D eigenvalue weighted by molar-refractivity contribution is 7.98. The Bertz CT molecular complexity index is 422. The van der Waals surface area contributed by atoms with Gasteiger partial charge in [-0.3, -0.25) is 0 Å². The smallest absolute Gasteiger partial charge is 0.107 e. The van der Waals surface area contributed by atoms with Crippen LogP contribution >= 0.6 is 24.0 Å². The van der Waals surface area contributed by atoms with Gasteiger partial charge in [-0.15, -0.1) is 11.8 Å². The van der Waals surface area contributed by atoms with Crippen molar-refractivity contribution in [1.82, 2.24) is 0 Å². The SMILES string of the molecule is CSc1cccc(NCCC(C)(C)C)c1C(N)=S. The second-order valence-corrected chi connectivity index (χ2v) is 6.77. The first-order valence-corrected chi connectivity index (χ1v) is 7.69. The number of thiocarbonyl (C=S) groups is 1. The molecule has 0 spiro atoms. The minimum atomic E-state index is 0.327. The molecule has 0 atom stereocenters. The van der Waals surface area contributed by atoms with Crippen LogP contribution in [-0.2, 0) is 0 Å². The van der Waals surface area contributed by atoms with Crippen LogP contribution in [0, 0.1) is 5.41 Å². The lowest BCUT2D eigenvalue weighted by Crippen LogP contribution is -2.17. The fourth-order valence-electron chi connectivity index (χ4n) is 1.67. The fourth-order valence-corrected chi connectivity index (χ4v) is 2.60. The summed E-state index contributed by atoms with van der Waals surface area (Å²) in [6.45, 7) is 7.64. The van der Waals surface area contributed by atoms with Crippen molar-refractivity contribution in [3.05, 3.63) is 23.8 Å². The first-order valence-electron chi connectivity index (χ1n) is 6.06. The summed E-state index contributed by atoms with van der Waals surface area (Å²) in [5.41, 5.74) is 8.16. The third-order valence-corrected chi connectivity index (χ3v) is 3.67. The van der Waals surface area contributed by atoms with Gasteiger partial charge >= 0.3 is 0 Å². The van der Waals surface area contributed by atoms with E-state index in [2.05, 4.69) is 26.1 Å². The summed E-state index contributed by atoms with van der Waals surface area (Å²) in [5, 5.41) is 3.45. The van der Waals surface area contributed by atoms with Crippen molar-refractivity contribution in [2.45, 2.75) is 32.1 Å². The molecule has 1 rings (SSSR count). The van der Waals surface area contributed by atoms with E-state index in [1.54, 1.807) is 11.8 Å². The molecule has 18 heavy (non-hydrogen) atoms. The number of anilines is 1. The van der Waals surface area contributed by atoms with E-state index in [0.29, 0.717) is 10.4 Å². The van der Waals surface area contributed by atoms with Crippen molar-refractivity contribution in [3.8, 4) is 0 Å². The van der Waals surface area contributed by atoms with E-state index in [0.717, 1.165) is 29.1 Å². The second-order valence-electron chi connectivity index (χ2n) is 5.48. The van der Waals surface area contributed by atoms with E-state index in [-0.39, 0.29) is 0 Å². The predicted molar refractivity (Wildman–Crippen MR) is 86.7 cm³/mol. The van der Waals surface area contributed by atoms with Crippen LogP contribution in [0.2, 0.25) is 0 Å². The molecule has 1 aromatic rings. The van der Waals surface area contributed by atoms with Gasteiger partial charge in [-0.1, -0.05) is 39.1 Å². The minimum Gasteiger partial charge on any atom is -0.389 e. The third kappa shape index (κ3) is 4.50. The van der Waals surface area contributed by atoms with E-state index in [1.807, 2.05) is 24.5 Å². The molecule has 2 nitrogen and oxygen atoms in total. The molecule has 1 aromatic carbocycles. The molecule has 0 aliphatic heterocycles. The van der Waals surface area contributed by atoms with Crippen molar-refractivity contribution in [3.63, 3.8) is 0 Å². The maximum Gasteiger partial charge on any atom is 0.107 e. The summed E-state index contributed by atoms with van der Waals surface area (Å²) in [5.74, 6) is 0. The van der Waals surface area contributed by atoms with Crippen LogP contribution in [-0.4, -0.2) is 17.8 Å². The molecule has 0 heterocycles. The van der Waals surface area contributed by atoms with Crippen molar-refractivity contribution in [1.29, 1.82) is 0 Å². The van der Waals surface area contributed by atoms with Crippen LogP contribution in [0.15, 0.2) is 23.1 Å². The molecule has 0 saturated carbocycles. The summed E-state index contributed by atoms with van der Waals surface area (Å²) in [7, 11) is 0. The Hall–Kier alpha value is -0.740. The van der Waals surface area contributed by atoms with E-state index in [9.17, 15) is 0 Å². The number of hydrogen-bond donors (Lipinski definition) is 2. The van der Waals surface area contributed by atoms with Crippen molar-refractivity contribution in [2.24, 2.45) is 11.1 Å². The molecule has 0 aliphatic carbocycles. The fraction of sp³-hybridized carbons (Fsp3) is 0.500. The normalized spacial score (nSPS) is 11.3. The summed E-state index contributed by atoms with van der Waals surface area (Å²) >= 11 is 6.82. The molecule has 0 radical (unpaired) electrons. The lowest BCUT2D eigenvalue weighted by atomic mass is 9.92. The number of thioether (sulfide) groups is 1. The first kappa shape index (κ1) is 15.3. The van der Waals surface area contributed by atoms with Crippen molar-refractivity contribution in [2.75, 3.05) is 18.1 Å². The number of nitrogens with two attached hydrogens (primary N) is 1. The van der Waals surface area contributed by atoms with Gasteiger partial charge in [0.1, 0.15) is 4.99 Å². The summed E-state index contributed by atoms with van der Waals surface area (Å²) in [6, 6.07) is 6.12. The molecule has 100 valence electrons. The van der Waals surface area contributed by atoms with Crippen LogP contribution in [0.25, 0.3) is 0 Å². The minimum absolute atomic E-state index is 0.327. The van der Waals surface area contributed by atoms with E-state index < -0.39 is 0 Å². The lowest BCUT2D eigenvalue weighted by Gasteiger charge is -2.20. The lowest BCUT2D eigenvalue weighted by molar-refractivity contribution is 0.390. The van der Waals surface area contributed by atoms with Crippen LogP contribution < -0.4 is 11.1 Å². The standard InChI is InChI=1S/C14H22N2S2/c1-14(2,3)8-9-16-10-6-5-7-11(18-4)12(10)13(15)17/h5-7,16H,8-9H2,1-4H3,(H2,15,17). The first-order chi connectivity index (χ1) is 8.35. The maximum absolute atomic E-state index is 5.83. The molecule has 3 N–H and O–H groups in total. The van der Waals surface area contributed by atoms with E-state index in [1.165, 1.54) is 0 Å². The van der Waals surface area contributed by atoms with Gasteiger partial charge in [0.15, 0.2) is 0 Å². The molecule has 0 fully saturated rings. The molecular weight excluding hydrogens is 260 g/mol. The molecule has 4 heteroatoms. The highest BCUT2D eigenvalue weighted by Gasteiger charge is 2.12. The van der Waals surface area contributed by atoms with Crippen molar-refractivity contribution >= 4 is 34.7 Å². The zero-order valence-corrected chi connectivity index (χ0v) is 13.2. The largest absolute Gasteiger partial charge is 0.389 e. The Labute approximate surface area is 120 Å². The van der Waals surface area contributed by atoms with Gasteiger partial charge in [-0.05, 0) is 30.2 Å². The Morgan fingerprint density at radius 2 is 2.06 bits per heavy atom. The van der Waals surface area contributed by atoms with E-state index in [4.69, 9.17) is 18.0 Å². The number of rotatable bonds is 5. The Morgan fingerprint density at radius 3 is 2.56 bits per heavy atom. The molecule has 0 saturated heterocycles. The Morgan fingerprint density at radius 1 is 1.39 bits per heavy atom. The van der Waals surface area contributed by atoms with E-state index >= 15 is 0 Å². The molecule has 0 bridgehead atoms. The van der Waals surface area contributed by atoms with Gasteiger partial charge < -0.3 is 11.1 Å². The monoisotopic (exact) mass is 282 g/mol. The third-order valence-electron chi connectivity index (χ3n) is 2.68.